The SMILES string of the molecule is CC(NC(=O)/C=C/c1nc2ccccc2o1)C(C)C(=O)O. The molecular weight excluding hydrogens is 272 g/mol. The van der Waals surface area contributed by atoms with Gasteiger partial charge in [-0.05, 0) is 26.0 Å². The third-order valence-electron chi connectivity index (χ3n) is 3.20. The van der Waals surface area contributed by atoms with Gasteiger partial charge in [0.2, 0.25) is 11.8 Å². The van der Waals surface area contributed by atoms with Crippen LogP contribution in [0.5, 0.6) is 0 Å². The van der Waals surface area contributed by atoms with Crippen molar-refractivity contribution in [1.82, 2.24) is 10.3 Å². The Labute approximate surface area is 121 Å². The Morgan fingerprint density at radius 1 is 1.33 bits per heavy atom. The number of fused-ring (bicyclic) bond motifs is 1. The Bertz CT molecular complexity index is 657. The van der Waals surface area contributed by atoms with Gasteiger partial charge >= 0.3 is 5.97 Å². The molecule has 0 aliphatic carbocycles. The Morgan fingerprint density at radius 2 is 2.05 bits per heavy atom. The molecule has 0 aliphatic heterocycles. The van der Waals surface area contributed by atoms with Crippen molar-refractivity contribution in [2.24, 2.45) is 5.92 Å². The molecular formula is C15H16N2O4. The number of nitrogens with zero attached hydrogens (tertiary/aromatic N) is 1. The highest BCUT2D eigenvalue weighted by molar-refractivity contribution is 5.92. The molecule has 2 atom stereocenters. The van der Waals surface area contributed by atoms with Crippen molar-refractivity contribution in [3.8, 4) is 0 Å². The minimum Gasteiger partial charge on any atom is -0.481 e. The number of nitrogens with one attached hydrogen (secondary N) is 1. The van der Waals surface area contributed by atoms with Crippen LogP contribution in [0, 0.1) is 5.92 Å². The predicted molar refractivity (Wildman–Crippen MR) is 77.4 cm³/mol. The molecule has 0 radical (unpaired) electrons. The molecule has 0 saturated heterocycles. The summed E-state index contributed by atoms with van der Waals surface area (Å²) in [5.41, 5.74) is 1.36. The lowest BCUT2D eigenvalue weighted by Gasteiger charge is -2.16. The van der Waals surface area contributed by atoms with Crippen molar-refractivity contribution in [1.29, 1.82) is 0 Å². The van der Waals surface area contributed by atoms with Crippen LogP contribution in [0.15, 0.2) is 34.8 Å². The molecule has 0 saturated carbocycles. The molecule has 6 heteroatoms. The summed E-state index contributed by atoms with van der Waals surface area (Å²) in [5.74, 6) is -1.68. The number of oxazole rings is 1. The molecule has 1 heterocycles. The number of aromatic nitrogens is 1. The van der Waals surface area contributed by atoms with E-state index in [0.29, 0.717) is 17.0 Å². The maximum atomic E-state index is 11.7. The summed E-state index contributed by atoms with van der Waals surface area (Å²) in [4.78, 5) is 26.7. The number of carbonyl (C=O) groups is 2. The van der Waals surface area contributed by atoms with Crippen molar-refractivity contribution in [3.63, 3.8) is 0 Å². The first-order valence-corrected chi connectivity index (χ1v) is 6.54. The van der Waals surface area contributed by atoms with Crippen LogP contribution in [-0.4, -0.2) is 28.0 Å². The number of para-hydroxylation sites is 2. The van der Waals surface area contributed by atoms with Crippen LogP contribution in [0.1, 0.15) is 19.7 Å². The zero-order valence-electron chi connectivity index (χ0n) is 11.7. The van der Waals surface area contributed by atoms with Crippen molar-refractivity contribution in [2.45, 2.75) is 19.9 Å². The number of carboxylic acid groups (broad SMARTS) is 1. The quantitative estimate of drug-likeness (QED) is 0.822. The number of benzene rings is 1. The second-order valence-corrected chi connectivity index (χ2v) is 4.78. The smallest absolute Gasteiger partial charge is 0.308 e. The lowest BCUT2D eigenvalue weighted by molar-refractivity contribution is -0.142. The van der Waals surface area contributed by atoms with Gasteiger partial charge in [-0.25, -0.2) is 4.98 Å². The molecule has 0 aliphatic rings. The van der Waals surface area contributed by atoms with E-state index in [4.69, 9.17) is 9.52 Å². The number of rotatable bonds is 5. The van der Waals surface area contributed by atoms with E-state index in [0.717, 1.165) is 0 Å². The summed E-state index contributed by atoms with van der Waals surface area (Å²) in [5, 5.41) is 11.4. The summed E-state index contributed by atoms with van der Waals surface area (Å²) >= 11 is 0. The number of hydrogen-bond donors (Lipinski definition) is 2. The van der Waals surface area contributed by atoms with Gasteiger partial charge in [-0.3, -0.25) is 9.59 Å². The first-order valence-electron chi connectivity index (χ1n) is 6.54. The van der Waals surface area contributed by atoms with Crippen LogP contribution in [0.3, 0.4) is 0 Å². The molecule has 2 aromatic rings. The number of carboxylic acids is 1. The van der Waals surface area contributed by atoms with Gasteiger partial charge in [0, 0.05) is 18.2 Å². The van der Waals surface area contributed by atoms with E-state index in [1.165, 1.54) is 19.1 Å². The van der Waals surface area contributed by atoms with Gasteiger partial charge < -0.3 is 14.8 Å². The highest BCUT2D eigenvalue weighted by Gasteiger charge is 2.20. The van der Waals surface area contributed by atoms with Gasteiger partial charge in [-0.1, -0.05) is 12.1 Å². The second kappa shape index (κ2) is 6.21. The van der Waals surface area contributed by atoms with Gasteiger partial charge in [0.25, 0.3) is 0 Å². The van der Waals surface area contributed by atoms with Crippen LogP contribution in [-0.2, 0) is 9.59 Å². The summed E-state index contributed by atoms with van der Waals surface area (Å²) in [6.07, 6.45) is 2.73. The molecule has 21 heavy (non-hydrogen) atoms. The molecule has 2 unspecified atom stereocenters. The molecule has 2 rings (SSSR count). The van der Waals surface area contributed by atoms with E-state index >= 15 is 0 Å². The third kappa shape index (κ3) is 3.68. The summed E-state index contributed by atoms with van der Waals surface area (Å²) < 4.78 is 5.44. The summed E-state index contributed by atoms with van der Waals surface area (Å²) in [6.45, 7) is 3.18. The molecule has 110 valence electrons. The number of carbonyl (C=O) groups excluding carboxylic acids is 1. The normalized spacial score (nSPS) is 14.2. The predicted octanol–water partition coefficient (Wildman–Crippen LogP) is 2.07. The molecule has 0 bridgehead atoms. The fourth-order valence-electron chi connectivity index (χ4n) is 1.72. The molecule has 1 aromatic carbocycles. The Morgan fingerprint density at radius 3 is 2.71 bits per heavy atom. The molecule has 1 aromatic heterocycles. The Kier molecular flexibility index (Phi) is 4.37. The first kappa shape index (κ1) is 14.8. The maximum absolute atomic E-state index is 11.7. The van der Waals surface area contributed by atoms with E-state index in [2.05, 4.69) is 10.3 Å². The molecule has 1 amide bonds. The highest BCUT2D eigenvalue weighted by Crippen LogP contribution is 2.15. The van der Waals surface area contributed by atoms with Crippen LogP contribution < -0.4 is 5.32 Å². The van der Waals surface area contributed by atoms with Gasteiger partial charge in [0.1, 0.15) is 5.52 Å². The lowest BCUT2D eigenvalue weighted by atomic mass is 10.0. The largest absolute Gasteiger partial charge is 0.481 e. The Hall–Kier alpha value is -2.63. The van der Waals surface area contributed by atoms with Gasteiger partial charge in [-0.2, -0.15) is 0 Å². The van der Waals surface area contributed by atoms with Crippen LogP contribution in [0.4, 0.5) is 0 Å². The van der Waals surface area contributed by atoms with Crippen LogP contribution in [0.25, 0.3) is 17.2 Å². The minimum atomic E-state index is -0.953. The minimum absolute atomic E-state index is 0.324. The van der Waals surface area contributed by atoms with E-state index in [-0.39, 0.29) is 0 Å². The fourth-order valence-corrected chi connectivity index (χ4v) is 1.72. The summed E-state index contributed by atoms with van der Waals surface area (Å²) in [6, 6.07) is 6.81. The standard InChI is InChI=1S/C15H16N2O4/c1-9(15(19)20)10(2)16-13(18)7-8-14-17-11-5-3-4-6-12(11)21-14/h3-10H,1-2H3,(H,16,18)(H,19,20)/b8-7+. The van der Waals surface area contributed by atoms with Crippen molar-refractivity contribution in [2.75, 3.05) is 0 Å². The maximum Gasteiger partial charge on any atom is 0.308 e. The average Bonchev–Trinajstić information content (AvgIpc) is 2.86. The average molecular weight is 288 g/mol. The second-order valence-electron chi connectivity index (χ2n) is 4.78. The number of amides is 1. The van der Waals surface area contributed by atoms with Crippen molar-refractivity contribution in [3.05, 3.63) is 36.2 Å². The van der Waals surface area contributed by atoms with Crippen LogP contribution >= 0.6 is 0 Å². The van der Waals surface area contributed by atoms with Crippen LogP contribution in [0.2, 0.25) is 0 Å². The van der Waals surface area contributed by atoms with E-state index in [1.807, 2.05) is 18.2 Å². The van der Waals surface area contributed by atoms with Gasteiger partial charge in [0.15, 0.2) is 5.58 Å². The number of hydrogen-bond acceptors (Lipinski definition) is 4. The molecule has 0 fully saturated rings. The fraction of sp³-hybridized carbons (Fsp3) is 0.267. The van der Waals surface area contributed by atoms with Gasteiger partial charge in [-0.15, -0.1) is 0 Å². The topological polar surface area (TPSA) is 92.4 Å². The zero-order valence-corrected chi connectivity index (χ0v) is 11.7. The monoisotopic (exact) mass is 288 g/mol. The van der Waals surface area contributed by atoms with Crippen molar-refractivity contribution >= 4 is 29.1 Å². The van der Waals surface area contributed by atoms with E-state index < -0.39 is 23.8 Å². The summed E-state index contributed by atoms with van der Waals surface area (Å²) in [7, 11) is 0. The van der Waals surface area contributed by atoms with E-state index in [9.17, 15) is 9.59 Å². The lowest BCUT2D eigenvalue weighted by Crippen LogP contribution is -2.39. The van der Waals surface area contributed by atoms with E-state index in [1.54, 1.807) is 13.0 Å². The molecule has 6 nitrogen and oxygen atoms in total. The first-order chi connectivity index (χ1) is 9.97. The highest BCUT2D eigenvalue weighted by atomic mass is 16.4. The zero-order chi connectivity index (χ0) is 15.4. The molecule has 2 N–H and O–H groups in total. The van der Waals surface area contributed by atoms with Gasteiger partial charge in [0.05, 0.1) is 5.92 Å². The number of aliphatic carboxylic acids is 1. The van der Waals surface area contributed by atoms with Crippen molar-refractivity contribution < 1.29 is 19.1 Å². The Balaban J connectivity index is 2.00. The molecule has 0 spiro atoms. The third-order valence-corrected chi connectivity index (χ3v) is 3.20.